The van der Waals surface area contributed by atoms with E-state index in [1.807, 2.05) is 11.8 Å². The number of nitrogens with zero attached hydrogens (tertiary/aromatic N) is 1. The van der Waals surface area contributed by atoms with E-state index < -0.39 is 0 Å². The first-order valence-corrected chi connectivity index (χ1v) is 5.88. The van der Waals surface area contributed by atoms with Crippen molar-refractivity contribution >= 4 is 11.8 Å². The standard InChI is InChI=1S/C11H18N2O3/c1-2-16-9-5-8(6-9)13-4-3-10(14)12-7-11(13)15/h8-9H,2-7H2,1H3,(H,12,14). The van der Waals surface area contributed by atoms with Crippen molar-refractivity contribution in [2.75, 3.05) is 19.7 Å². The van der Waals surface area contributed by atoms with Crippen LogP contribution in [0.1, 0.15) is 26.2 Å². The SMILES string of the molecule is CCOC1CC(N2CCC(=O)NCC2=O)C1. The van der Waals surface area contributed by atoms with E-state index in [1.54, 1.807) is 0 Å². The van der Waals surface area contributed by atoms with Crippen LogP contribution >= 0.6 is 0 Å². The quantitative estimate of drug-likeness (QED) is 0.731. The van der Waals surface area contributed by atoms with Crippen molar-refractivity contribution in [3.63, 3.8) is 0 Å². The molecule has 1 saturated carbocycles. The summed E-state index contributed by atoms with van der Waals surface area (Å²) >= 11 is 0. The van der Waals surface area contributed by atoms with E-state index >= 15 is 0 Å². The lowest BCUT2D eigenvalue weighted by Crippen LogP contribution is -2.51. The topological polar surface area (TPSA) is 58.6 Å². The Morgan fingerprint density at radius 2 is 2.19 bits per heavy atom. The van der Waals surface area contributed by atoms with Crippen molar-refractivity contribution in [3.05, 3.63) is 0 Å². The van der Waals surface area contributed by atoms with E-state index in [9.17, 15) is 9.59 Å². The Morgan fingerprint density at radius 3 is 2.88 bits per heavy atom. The summed E-state index contributed by atoms with van der Waals surface area (Å²) in [7, 11) is 0. The van der Waals surface area contributed by atoms with Crippen LogP contribution in [0.4, 0.5) is 0 Å². The van der Waals surface area contributed by atoms with Crippen LogP contribution in [0.5, 0.6) is 0 Å². The third kappa shape index (κ3) is 2.35. The maximum Gasteiger partial charge on any atom is 0.242 e. The summed E-state index contributed by atoms with van der Waals surface area (Å²) < 4.78 is 5.47. The molecule has 5 heteroatoms. The highest BCUT2D eigenvalue weighted by Gasteiger charge is 2.37. The molecule has 0 radical (unpaired) electrons. The van der Waals surface area contributed by atoms with Crippen molar-refractivity contribution in [1.29, 1.82) is 0 Å². The molecule has 2 fully saturated rings. The molecule has 90 valence electrons. The third-order valence-corrected chi connectivity index (χ3v) is 3.25. The van der Waals surface area contributed by atoms with Crippen LogP contribution < -0.4 is 5.32 Å². The molecule has 5 nitrogen and oxygen atoms in total. The van der Waals surface area contributed by atoms with Gasteiger partial charge in [0.15, 0.2) is 0 Å². The van der Waals surface area contributed by atoms with Crippen LogP contribution in [0.15, 0.2) is 0 Å². The fraction of sp³-hybridized carbons (Fsp3) is 0.818. The largest absolute Gasteiger partial charge is 0.378 e. The third-order valence-electron chi connectivity index (χ3n) is 3.25. The Morgan fingerprint density at radius 1 is 1.44 bits per heavy atom. The van der Waals surface area contributed by atoms with Crippen molar-refractivity contribution in [2.24, 2.45) is 0 Å². The summed E-state index contributed by atoms with van der Waals surface area (Å²) in [5.74, 6) is 0.00216. The van der Waals surface area contributed by atoms with Gasteiger partial charge in [-0.25, -0.2) is 0 Å². The Hall–Kier alpha value is -1.10. The van der Waals surface area contributed by atoms with E-state index in [-0.39, 0.29) is 24.4 Å². The fourth-order valence-corrected chi connectivity index (χ4v) is 2.26. The average Bonchev–Trinajstić information content (AvgIpc) is 2.36. The molecule has 2 amide bonds. The molecule has 2 rings (SSSR count). The number of ether oxygens (including phenoxy) is 1. The number of hydrogen-bond donors (Lipinski definition) is 1. The summed E-state index contributed by atoms with van der Waals surface area (Å²) in [6.45, 7) is 3.40. The minimum Gasteiger partial charge on any atom is -0.378 e. The van der Waals surface area contributed by atoms with Crippen molar-refractivity contribution in [1.82, 2.24) is 10.2 Å². The van der Waals surface area contributed by atoms with Gasteiger partial charge in [0.2, 0.25) is 11.8 Å². The number of rotatable bonds is 3. The summed E-state index contributed by atoms with van der Waals surface area (Å²) in [4.78, 5) is 24.7. The van der Waals surface area contributed by atoms with Crippen LogP contribution in [-0.2, 0) is 14.3 Å². The van der Waals surface area contributed by atoms with Gasteiger partial charge in [0.25, 0.3) is 0 Å². The van der Waals surface area contributed by atoms with Crippen LogP contribution in [0.2, 0.25) is 0 Å². The van der Waals surface area contributed by atoms with Crippen molar-refractivity contribution in [3.8, 4) is 0 Å². The molecule has 1 heterocycles. The molecule has 0 aromatic heterocycles. The van der Waals surface area contributed by atoms with Crippen molar-refractivity contribution < 1.29 is 14.3 Å². The monoisotopic (exact) mass is 226 g/mol. The normalized spacial score (nSPS) is 30.7. The van der Waals surface area contributed by atoms with Gasteiger partial charge in [0, 0.05) is 25.6 Å². The second-order valence-electron chi connectivity index (χ2n) is 4.32. The molecular formula is C11H18N2O3. The lowest BCUT2D eigenvalue weighted by molar-refractivity contribution is -0.137. The van der Waals surface area contributed by atoms with Crippen LogP contribution in [0.3, 0.4) is 0 Å². The van der Waals surface area contributed by atoms with Gasteiger partial charge >= 0.3 is 0 Å². The van der Waals surface area contributed by atoms with Gasteiger partial charge < -0.3 is 15.0 Å². The second kappa shape index (κ2) is 4.82. The van der Waals surface area contributed by atoms with Gasteiger partial charge in [0.1, 0.15) is 0 Å². The molecule has 16 heavy (non-hydrogen) atoms. The molecule has 1 N–H and O–H groups in total. The Kier molecular flexibility index (Phi) is 3.43. The van der Waals surface area contributed by atoms with Crippen LogP contribution in [-0.4, -0.2) is 48.6 Å². The minimum atomic E-state index is -0.0310. The highest BCUT2D eigenvalue weighted by molar-refractivity contribution is 5.87. The van der Waals surface area contributed by atoms with E-state index in [0.29, 0.717) is 19.1 Å². The van der Waals surface area contributed by atoms with Gasteiger partial charge in [-0.3, -0.25) is 9.59 Å². The first-order chi connectivity index (χ1) is 7.70. The molecule has 1 aliphatic carbocycles. The van der Waals surface area contributed by atoms with Gasteiger partial charge in [0.05, 0.1) is 12.6 Å². The number of nitrogens with one attached hydrogen (secondary N) is 1. The van der Waals surface area contributed by atoms with E-state index in [4.69, 9.17) is 4.74 Å². The molecule has 0 aromatic rings. The summed E-state index contributed by atoms with van der Waals surface area (Å²) in [6, 6.07) is 0.275. The predicted molar refractivity (Wildman–Crippen MR) is 57.8 cm³/mol. The first kappa shape index (κ1) is 11.4. The average molecular weight is 226 g/mol. The minimum absolute atomic E-state index is 0.0310. The molecule has 0 unspecified atom stereocenters. The molecule has 0 aromatic carbocycles. The molecule has 0 spiro atoms. The molecule has 1 aliphatic heterocycles. The Balaban J connectivity index is 1.85. The summed E-state index contributed by atoms with van der Waals surface area (Å²) in [5, 5.41) is 2.60. The fourth-order valence-electron chi connectivity index (χ4n) is 2.26. The van der Waals surface area contributed by atoms with Gasteiger partial charge in [-0.2, -0.15) is 0 Å². The zero-order chi connectivity index (χ0) is 11.5. The van der Waals surface area contributed by atoms with Crippen molar-refractivity contribution in [2.45, 2.75) is 38.3 Å². The number of carbonyl (C=O) groups excluding carboxylic acids is 2. The number of hydrogen-bond acceptors (Lipinski definition) is 3. The van der Waals surface area contributed by atoms with Crippen LogP contribution in [0.25, 0.3) is 0 Å². The molecule has 0 bridgehead atoms. The van der Waals surface area contributed by atoms with Gasteiger partial charge in [-0.05, 0) is 19.8 Å². The zero-order valence-corrected chi connectivity index (χ0v) is 9.57. The lowest BCUT2D eigenvalue weighted by atomic mass is 9.87. The molecule has 2 aliphatic rings. The van der Waals surface area contributed by atoms with E-state index in [0.717, 1.165) is 19.4 Å². The summed E-state index contributed by atoms with van der Waals surface area (Å²) in [5.41, 5.74) is 0. The molecular weight excluding hydrogens is 208 g/mol. The number of amides is 2. The molecule has 1 saturated heterocycles. The second-order valence-corrected chi connectivity index (χ2v) is 4.32. The van der Waals surface area contributed by atoms with Crippen LogP contribution in [0, 0.1) is 0 Å². The maximum absolute atomic E-state index is 11.7. The summed E-state index contributed by atoms with van der Waals surface area (Å²) in [6.07, 6.45) is 2.54. The lowest BCUT2D eigenvalue weighted by Gasteiger charge is -2.42. The first-order valence-electron chi connectivity index (χ1n) is 5.88. The highest BCUT2D eigenvalue weighted by Crippen LogP contribution is 2.28. The molecule has 0 atom stereocenters. The van der Waals surface area contributed by atoms with Gasteiger partial charge in [-0.1, -0.05) is 0 Å². The smallest absolute Gasteiger partial charge is 0.242 e. The Bertz CT molecular complexity index is 287. The van der Waals surface area contributed by atoms with E-state index in [1.165, 1.54) is 0 Å². The van der Waals surface area contributed by atoms with Gasteiger partial charge in [-0.15, -0.1) is 0 Å². The highest BCUT2D eigenvalue weighted by atomic mass is 16.5. The maximum atomic E-state index is 11.7. The Labute approximate surface area is 95.1 Å². The number of carbonyl (C=O) groups is 2. The zero-order valence-electron chi connectivity index (χ0n) is 9.57. The predicted octanol–water partition coefficient (Wildman–Crippen LogP) is -0.0976. The van der Waals surface area contributed by atoms with E-state index in [2.05, 4.69) is 5.32 Å².